The highest BCUT2D eigenvalue weighted by Gasteiger charge is 2.49. The Kier molecular flexibility index (Phi) is 4.20. The van der Waals surface area contributed by atoms with Gasteiger partial charge < -0.3 is 10.1 Å². The van der Waals surface area contributed by atoms with E-state index in [4.69, 9.17) is 4.74 Å². The number of carbonyl (C=O) groups is 2. The molecule has 0 bridgehead atoms. The van der Waals surface area contributed by atoms with Crippen molar-refractivity contribution in [3.05, 3.63) is 34.3 Å². The van der Waals surface area contributed by atoms with Crippen LogP contribution in [0.25, 0.3) is 0 Å². The van der Waals surface area contributed by atoms with Crippen LogP contribution in [0.3, 0.4) is 0 Å². The molecule has 2 heterocycles. The Bertz CT molecular complexity index is 586. The Morgan fingerprint density at radius 1 is 1.23 bits per heavy atom. The van der Waals surface area contributed by atoms with Gasteiger partial charge in [0.25, 0.3) is 5.91 Å². The van der Waals surface area contributed by atoms with Crippen LogP contribution in [0.5, 0.6) is 0 Å². The number of urea groups is 1. The summed E-state index contributed by atoms with van der Waals surface area (Å²) in [7, 11) is 0. The number of rotatable bonds is 3. The van der Waals surface area contributed by atoms with Crippen LogP contribution in [0.4, 0.5) is 4.79 Å². The Balaban J connectivity index is 1.79. The number of nitrogens with zero attached hydrogens (tertiary/aromatic N) is 2. The fourth-order valence-corrected chi connectivity index (χ4v) is 3.01. The summed E-state index contributed by atoms with van der Waals surface area (Å²) in [6.45, 7) is 4.77. The normalized spacial score (nSPS) is 26.4. The van der Waals surface area contributed by atoms with Crippen molar-refractivity contribution >= 4 is 27.9 Å². The van der Waals surface area contributed by atoms with E-state index in [1.165, 1.54) is 4.90 Å². The summed E-state index contributed by atoms with van der Waals surface area (Å²) in [6.07, 6.45) is 0. The predicted molar refractivity (Wildman–Crippen MR) is 84.1 cm³/mol. The van der Waals surface area contributed by atoms with Crippen molar-refractivity contribution in [2.24, 2.45) is 0 Å². The third kappa shape index (κ3) is 2.76. The number of hydrogen-bond acceptors (Lipinski definition) is 4. The first-order valence-corrected chi connectivity index (χ1v) is 8.00. The highest BCUT2D eigenvalue weighted by atomic mass is 79.9. The van der Waals surface area contributed by atoms with E-state index in [9.17, 15) is 9.59 Å². The second-order valence-electron chi connectivity index (χ2n) is 5.67. The summed E-state index contributed by atoms with van der Waals surface area (Å²) in [5.41, 5.74) is -0.233. The van der Waals surface area contributed by atoms with E-state index in [1.807, 2.05) is 29.2 Å². The van der Waals surface area contributed by atoms with Crippen molar-refractivity contribution in [2.75, 3.05) is 33.0 Å². The Labute approximate surface area is 137 Å². The SMILES string of the molecule is C[C@]1(c2ccc(Br)cc2)NC(=O)N(CN2CCOCC2)C1=O. The number of halogens is 1. The molecule has 6 nitrogen and oxygen atoms in total. The molecule has 0 saturated carbocycles. The van der Waals surface area contributed by atoms with E-state index in [0.29, 0.717) is 19.9 Å². The maximum absolute atomic E-state index is 12.8. The zero-order chi connectivity index (χ0) is 15.7. The zero-order valence-electron chi connectivity index (χ0n) is 12.3. The summed E-state index contributed by atoms with van der Waals surface area (Å²) >= 11 is 3.38. The number of imide groups is 1. The van der Waals surface area contributed by atoms with Gasteiger partial charge in [-0.15, -0.1) is 0 Å². The number of benzene rings is 1. The smallest absolute Gasteiger partial charge is 0.326 e. The maximum atomic E-state index is 12.8. The molecular weight excluding hydrogens is 350 g/mol. The minimum Gasteiger partial charge on any atom is -0.379 e. The van der Waals surface area contributed by atoms with Gasteiger partial charge in [-0.2, -0.15) is 0 Å². The van der Waals surface area contributed by atoms with E-state index < -0.39 is 5.54 Å². The average molecular weight is 368 g/mol. The van der Waals surface area contributed by atoms with Crippen LogP contribution in [0.2, 0.25) is 0 Å². The number of carbonyl (C=O) groups excluding carboxylic acids is 2. The molecule has 2 fully saturated rings. The molecule has 7 heteroatoms. The first-order valence-electron chi connectivity index (χ1n) is 7.21. The average Bonchev–Trinajstić information content (AvgIpc) is 2.73. The highest BCUT2D eigenvalue weighted by molar-refractivity contribution is 9.10. The molecule has 0 radical (unpaired) electrons. The minimum atomic E-state index is -1.01. The van der Waals surface area contributed by atoms with Gasteiger partial charge in [0.2, 0.25) is 0 Å². The van der Waals surface area contributed by atoms with E-state index in [0.717, 1.165) is 23.1 Å². The van der Waals surface area contributed by atoms with Crippen molar-refractivity contribution < 1.29 is 14.3 Å². The van der Waals surface area contributed by atoms with Gasteiger partial charge in [-0.3, -0.25) is 9.69 Å². The molecule has 2 aliphatic rings. The molecule has 0 spiro atoms. The molecule has 118 valence electrons. The molecule has 3 amide bonds. The standard InChI is InChI=1S/C15H18BrN3O3/c1-15(11-2-4-12(16)5-3-11)13(20)19(14(21)17-15)10-18-6-8-22-9-7-18/h2-5H,6-10H2,1H3,(H,17,21)/t15-/m1/s1. The second-order valence-corrected chi connectivity index (χ2v) is 6.58. The first-order chi connectivity index (χ1) is 10.5. The molecule has 22 heavy (non-hydrogen) atoms. The topological polar surface area (TPSA) is 61.9 Å². The first kappa shape index (κ1) is 15.5. The summed E-state index contributed by atoms with van der Waals surface area (Å²) < 4.78 is 6.22. The third-order valence-corrected chi connectivity index (χ3v) is 4.67. The van der Waals surface area contributed by atoms with E-state index in [-0.39, 0.29) is 11.9 Å². The molecule has 2 saturated heterocycles. The van der Waals surface area contributed by atoms with Crippen LogP contribution >= 0.6 is 15.9 Å². The quantitative estimate of drug-likeness (QED) is 0.822. The number of hydrogen-bond donors (Lipinski definition) is 1. The number of morpholine rings is 1. The van der Waals surface area contributed by atoms with E-state index in [1.54, 1.807) is 6.92 Å². The molecular formula is C15H18BrN3O3. The number of nitrogens with one attached hydrogen (secondary N) is 1. The number of ether oxygens (including phenoxy) is 1. The lowest BCUT2D eigenvalue weighted by molar-refractivity contribution is -0.133. The Morgan fingerprint density at radius 2 is 1.86 bits per heavy atom. The summed E-state index contributed by atoms with van der Waals surface area (Å²) in [6, 6.07) is 7.08. The lowest BCUT2D eigenvalue weighted by atomic mass is 9.92. The predicted octanol–water partition coefficient (Wildman–Crippen LogP) is 1.51. The van der Waals surface area contributed by atoms with Crippen LogP contribution in [-0.4, -0.2) is 54.7 Å². The number of amides is 3. The van der Waals surface area contributed by atoms with Crippen LogP contribution < -0.4 is 5.32 Å². The fourth-order valence-electron chi connectivity index (χ4n) is 2.75. The summed E-state index contributed by atoms with van der Waals surface area (Å²) in [5, 5.41) is 2.82. The van der Waals surface area contributed by atoms with Gasteiger partial charge in [-0.25, -0.2) is 9.69 Å². The van der Waals surface area contributed by atoms with E-state index >= 15 is 0 Å². The van der Waals surface area contributed by atoms with Crippen LogP contribution in [0.1, 0.15) is 12.5 Å². The molecule has 1 N–H and O–H groups in total. The maximum Gasteiger partial charge on any atom is 0.326 e. The van der Waals surface area contributed by atoms with Crippen LogP contribution in [0, 0.1) is 0 Å². The molecule has 3 rings (SSSR count). The fraction of sp³-hybridized carbons (Fsp3) is 0.467. The van der Waals surface area contributed by atoms with Gasteiger partial charge in [0.05, 0.1) is 19.9 Å². The molecule has 0 aromatic heterocycles. The molecule has 0 aliphatic carbocycles. The lowest BCUT2D eigenvalue weighted by Crippen LogP contribution is -2.47. The third-order valence-electron chi connectivity index (χ3n) is 4.14. The Morgan fingerprint density at radius 3 is 2.50 bits per heavy atom. The monoisotopic (exact) mass is 367 g/mol. The van der Waals surface area contributed by atoms with Crippen molar-refractivity contribution in [3.63, 3.8) is 0 Å². The zero-order valence-corrected chi connectivity index (χ0v) is 13.9. The van der Waals surface area contributed by atoms with Crippen LogP contribution in [0.15, 0.2) is 28.7 Å². The van der Waals surface area contributed by atoms with Crippen molar-refractivity contribution in [3.8, 4) is 0 Å². The molecule has 1 atom stereocenters. The molecule has 1 aromatic rings. The Hall–Kier alpha value is -1.44. The minimum absolute atomic E-state index is 0.216. The summed E-state index contributed by atoms with van der Waals surface area (Å²) in [4.78, 5) is 28.3. The van der Waals surface area contributed by atoms with Crippen molar-refractivity contribution in [1.82, 2.24) is 15.1 Å². The van der Waals surface area contributed by atoms with Gasteiger partial charge in [0, 0.05) is 17.6 Å². The molecule has 1 aromatic carbocycles. The molecule has 0 unspecified atom stereocenters. The van der Waals surface area contributed by atoms with Crippen molar-refractivity contribution in [1.29, 1.82) is 0 Å². The van der Waals surface area contributed by atoms with Gasteiger partial charge in [0.1, 0.15) is 5.54 Å². The second kappa shape index (κ2) is 5.98. The van der Waals surface area contributed by atoms with Crippen molar-refractivity contribution in [2.45, 2.75) is 12.5 Å². The lowest BCUT2D eigenvalue weighted by Gasteiger charge is -2.30. The van der Waals surface area contributed by atoms with Gasteiger partial charge in [-0.1, -0.05) is 28.1 Å². The van der Waals surface area contributed by atoms with Gasteiger partial charge >= 0.3 is 6.03 Å². The van der Waals surface area contributed by atoms with Gasteiger partial charge in [-0.05, 0) is 24.6 Å². The van der Waals surface area contributed by atoms with Gasteiger partial charge in [0.15, 0.2) is 0 Å². The van der Waals surface area contributed by atoms with E-state index in [2.05, 4.69) is 21.2 Å². The van der Waals surface area contributed by atoms with Crippen LogP contribution in [-0.2, 0) is 15.1 Å². The largest absolute Gasteiger partial charge is 0.379 e. The molecule has 2 aliphatic heterocycles. The summed E-state index contributed by atoms with van der Waals surface area (Å²) in [5.74, 6) is -0.216. The highest BCUT2D eigenvalue weighted by Crippen LogP contribution is 2.29.